The second kappa shape index (κ2) is 7.77. The van der Waals surface area contributed by atoms with Crippen LogP contribution < -0.4 is 10.6 Å². The molecule has 0 atom stereocenters. The molecular formula is C16H13Cl2F3N2O. The van der Waals surface area contributed by atoms with Crippen molar-refractivity contribution in [1.29, 1.82) is 0 Å². The van der Waals surface area contributed by atoms with E-state index < -0.39 is 11.7 Å². The van der Waals surface area contributed by atoms with Gasteiger partial charge < -0.3 is 10.6 Å². The minimum Gasteiger partial charge on any atom is -0.385 e. The fraction of sp³-hybridized carbons (Fsp3) is 0.188. The minimum atomic E-state index is -4.53. The van der Waals surface area contributed by atoms with Crippen LogP contribution in [0.3, 0.4) is 0 Å². The first-order valence-corrected chi connectivity index (χ1v) is 7.67. The monoisotopic (exact) mass is 376 g/mol. The van der Waals surface area contributed by atoms with Gasteiger partial charge in [0.2, 0.25) is 5.91 Å². The number of hydrogen-bond acceptors (Lipinski definition) is 2. The van der Waals surface area contributed by atoms with Gasteiger partial charge in [0.15, 0.2) is 0 Å². The maximum atomic E-state index is 12.8. The van der Waals surface area contributed by atoms with Gasteiger partial charge in [0, 0.05) is 29.4 Å². The third kappa shape index (κ3) is 5.32. The molecule has 0 bridgehead atoms. The summed E-state index contributed by atoms with van der Waals surface area (Å²) in [6.45, 7) is 0.179. The molecule has 8 heteroatoms. The predicted octanol–water partition coefficient (Wildman–Crippen LogP) is 5.45. The molecule has 24 heavy (non-hydrogen) atoms. The molecule has 2 aromatic carbocycles. The van der Waals surface area contributed by atoms with Gasteiger partial charge in [-0.3, -0.25) is 4.79 Å². The average molecular weight is 377 g/mol. The second-order valence-electron chi connectivity index (χ2n) is 4.92. The zero-order valence-corrected chi connectivity index (χ0v) is 13.8. The first-order valence-electron chi connectivity index (χ1n) is 6.92. The van der Waals surface area contributed by atoms with Gasteiger partial charge in [0.05, 0.1) is 10.6 Å². The van der Waals surface area contributed by atoms with Crippen molar-refractivity contribution in [2.75, 3.05) is 17.2 Å². The van der Waals surface area contributed by atoms with Crippen LogP contribution in [0.2, 0.25) is 10.0 Å². The molecule has 0 heterocycles. The van der Waals surface area contributed by atoms with Crippen LogP contribution in [0.4, 0.5) is 24.5 Å². The predicted molar refractivity (Wildman–Crippen MR) is 89.6 cm³/mol. The van der Waals surface area contributed by atoms with Crippen LogP contribution in [0.25, 0.3) is 0 Å². The van der Waals surface area contributed by atoms with E-state index in [-0.39, 0.29) is 29.6 Å². The molecule has 0 radical (unpaired) electrons. The molecule has 2 N–H and O–H groups in total. The normalized spacial score (nSPS) is 11.2. The Labute approximate surface area is 146 Å². The van der Waals surface area contributed by atoms with Crippen molar-refractivity contribution in [3.05, 3.63) is 58.1 Å². The molecule has 0 aromatic heterocycles. The second-order valence-corrected chi connectivity index (χ2v) is 5.77. The van der Waals surface area contributed by atoms with E-state index in [2.05, 4.69) is 10.6 Å². The zero-order chi connectivity index (χ0) is 17.7. The smallest absolute Gasteiger partial charge is 0.385 e. The highest BCUT2D eigenvalue weighted by atomic mass is 35.5. The lowest BCUT2D eigenvalue weighted by Gasteiger charge is -2.12. The standard InChI is InChI=1S/C16H13Cl2F3N2O/c17-10-1-3-11(4-2-10)23-15(24)7-8-22-12-5-6-14(18)13(9-12)16(19,20)21/h1-6,9,22H,7-8H2,(H,23,24). The van der Waals surface area contributed by atoms with Crippen molar-refractivity contribution in [2.45, 2.75) is 12.6 Å². The molecular weight excluding hydrogens is 364 g/mol. The Morgan fingerprint density at radius 3 is 2.25 bits per heavy atom. The molecule has 0 aliphatic rings. The molecule has 3 nitrogen and oxygen atoms in total. The molecule has 0 aliphatic carbocycles. The molecule has 0 saturated carbocycles. The van der Waals surface area contributed by atoms with Gasteiger partial charge in [-0.25, -0.2) is 0 Å². The van der Waals surface area contributed by atoms with E-state index in [4.69, 9.17) is 23.2 Å². The number of rotatable bonds is 5. The number of hydrogen-bond donors (Lipinski definition) is 2. The lowest BCUT2D eigenvalue weighted by Crippen LogP contribution is -2.16. The van der Waals surface area contributed by atoms with Crippen molar-refractivity contribution < 1.29 is 18.0 Å². The summed E-state index contributed by atoms with van der Waals surface area (Å²) in [6, 6.07) is 10.1. The number of nitrogens with one attached hydrogen (secondary N) is 2. The lowest BCUT2D eigenvalue weighted by atomic mass is 10.2. The van der Waals surface area contributed by atoms with Gasteiger partial charge in [-0.15, -0.1) is 0 Å². The molecule has 0 saturated heterocycles. The van der Waals surface area contributed by atoms with Crippen LogP contribution in [0.15, 0.2) is 42.5 Å². The summed E-state index contributed by atoms with van der Waals surface area (Å²) in [7, 11) is 0. The Balaban J connectivity index is 1.87. The molecule has 0 fully saturated rings. The number of alkyl halides is 3. The maximum Gasteiger partial charge on any atom is 0.417 e. The summed E-state index contributed by atoms with van der Waals surface area (Å²) >= 11 is 11.3. The number of benzene rings is 2. The number of amides is 1. The van der Waals surface area contributed by atoms with Crippen LogP contribution >= 0.6 is 23.2 Å². The molecule has 0 aliphatic heterocycles. The van der Waals surface area contributed by atoms with Gasteiger partial charge in [-0.05, 0) is 42.5 Å². The Bertz CT molecular complexity index is 718. The Morgan fingerprint density at radius 2 is 1.62 bits per heavy atom. The maximum absolute atomic E-state index is 12.8. The van der Waals surface area contributed by atoms with E-state index in [0.29, 0.717) is 10.7 Å². The quantitative estimate of drug-likeness (QED) is 0.727. The molecule has 128 valence electrons. The van der Waals surface area contributed by atoms with Crippen LogP contribution in [0.5, 0.6) is 0 Å². The SMILES string of the molecule is O=C(CCNc1ccc(Cl)c(C(F)(F)F)c1)Nc1ccc(Cl)cc1. The van der Waals surface area contributed by atoms with E-state index in [1.807, 2.05) is 0 Å². The van der Waals surface area contributed by atoms with Gasteiger partial charge in [-0.1, -0.05) is 23.2 Å². The number of anilines is 2. The molecule has 0 spiro atoms. The van der Waals surface area contributed by atoms with Crippen molar-refractivity contribution >= 4 is 40.5 Å². The third-order valence-electron chi connectivity index (χ3n) is 3.08. The van der Waals surface area contributed by atoms with Crippen LogP contribution in [-0.2, 0) is 11.0 Å². The number of carbonyl (C=O) groups is 1. The molecule has 2 rings (SSSR count). The van der Waals surface area contributed by atoms with Crippen LogP contribution in [0.1, 0.15) is 12.0 Å². The molecule has 2 aromatic rings. The zero-order valence-electron chi connectivity index (χ0n) is 12.3. The van der Waals surface area contributed by atoms with E-state index in [0.717, 1.165) is 6.07 Å². The molecule has 1 amide bonds. The summed E-state index contributed by atoms with van der Waals surface area (Å²) in [4.78, 5) is 11.8. The summed E-state index contributed by atoms with van der Waals surface area (Å²) in [5, 5.41) is 5.62. The van der Waals surface area contributed by atoms with Crippen LogP contribution in [0, 0.1) is 0 Å². The highest BCUT2D eigenvalue weighted by Crippen LogP contribution is 2.36. The van der Waals surface area contributed by atoms with Gasteiger partial charge in [-0.2, -0.15) is 13.2 Å². The summed E-state index contributed by atoms with van der Waals surface area (Å²) in [5.41, 5.74) is -0.0824. The minimum absolute atomic E-state index is 0.0899. The Morgan fingerprint density at radius 1 is 1.00 bits per heavy atom. The van der Waals surface area contributed by atoms with E-state index in [9.17, 15) is 18.0 Å². The number of carbonyl (C=O) groups excluding carboxylic acids is 1. The highest BCUT2D eigenvalue weighted by molar-refractivity contribution is 6.31. The van der Waals surface area contributed by atoms with Crippen molar-refractivity contribution in [1.82, 2.24) is 0 Å². The van der Waals surface area contributed by atoms with Crippen molar-refractivity contribution in [3.8, 4) is 0 Å². The Kier molecular flexibility index (Phi) is 5.96. The van der Waals surface area contributed by atoms with E-state index in [1.165, 1.54) is 12.1 Å². The summed E-state index contributed by atoms with van der Waals surface area (Å²) in [6.07, 6.45) is -4.44. The van der Waals surface area contributed by atoms with Crippen molar-refractivity contribution in [3.63, 3.8) is 0 Å². The fourth-order valence-electron chi connectivity index (χ4n) is 1.93. The average Bonchev–Trinajstić information content (AvgIpc) is 2.50. The largest absolute Gasteiger partial charge is 0.417 e. The summed E-state index contributed by atoms with van der Waals surface area (Å²) < 4.78 is 38.3. The van der Waals surface area contributed by atoms with Gasteiger partial charge >= 0.3 is 6.18 Å². The first kappa shape index (κ1) is 18.4. The van der Waals surface area contributed by atoms with E-state index >= 15 is 0 Å². The van der Waals surface area contributed by atoms with Crippen molar-refractivity contribution in [2.24, 2.45) is 0 Å². The van der Waals surface area contributed by atoms with Gasteiger partial charge in [0.25, 0.3) is 0 Å². The lowest BCUT2D eigenvalue weighted by molar-refractivity contribution is -0.137. The number of halogens is 5. The summed E-state index contributed by atoms with van der Waals surface area (Å²) in [5.74, 6) is -0.269. The van der Waals surface area contributed by atoms with Crippen LogP contribution in [-0.4, -0.2) is 12.5 Å². The highest BCUT2D eigenvalue weighted by Gasteiger charge is 2.33. The van der Waals surface area contributed by atoms with Gasteiger partial charge in [0.1, 0.15) is 0 Å². The topological polar surface area (TPSA) is 41.1 Å². The Hall–Kier alpha value is -1.92. The fourth-order valence-corrected chi connectivity index (χ4v) is 2.28. The third-order valence-corrected chi connectivity index (χ3v) is 3.66. The van der Waals surface area contributed by atoms with E-state index in [1.54, 1.807) is 24.3 Å². The molecule has 0 unspecified atom stereocenters. The first-order chi connectivity index (χ1) is 11.3.